The third-order valence-corrected chi connectivity index (χ3v) is 8.13. The molecule has 2 aliphatic rings. The number of carbonyl (C=O) groups excluding carboxylic acids is 1. The number of amides is 2. The van der Waals surface area contributed by atoms with Crippen molar-refractivity contribution in [2.24, 2.45) is 0 Å². The zero-order valence-electron chi connectivity index (χ0n) is 23.6. The van der Waals surface area contributed by atoms with E-state index in [4.69, 9.17) is 30.5 Å². The van der Waals surface area contributed by atoms with Gasteiger partial charge in [-0.2, -0.15) is 0 Å². The van der Waals surface area contributed by atoms with Gasteiger partial charge in [0.1, 0.15) is 17.0 Å². The van der Waals surface area contributed by atoms with Crippen LogP contribution in [0.1, 0.15) is 68.2 Å². The van der Waals surface area contributed by atoms with Crippen molar-refractivity contribution in [1.82, 2.24) is 10.2 Å². The first-order valence-corrected chi connectivity index (χ1v) is 14.1. The maximum Gasteiger partial charge on any atom is 0.329 e. The summed E-state index contributed by atoms with van der Waals surface area (Å²) in [5.41, 5.74) is 1.20. The fraction of sp³-hybridized carbons (Fsp3) is 0.533. The maximum absolute atomic E-state index is 13.8. The van der Waals surface area contributed by atoms with Crippen LogP contribution in [0.4, 0.5) is 4.79 Å². The largest absolute Gasteiger partial charge is 0.496 e. The lowest BCUT2D eigenvalue weighted by Gasteiger charge is -2.45. The lowest BCUT2D eigenvalue weighted by Crippen LogP contribution is -2.66. The number of nitrogens with one attached hydrogen (secondary N) is 1. The molecule has 0 aliphatic heterocycles. The second-order valence-corrected chi connectivity index (χ2v) is 10.8. The van der Waals surface area contributed by atoms with Gasteiger partial charge in [-0.15, -0.1) is 0 Å². The van der Waals surface area contributed by atoms with Gasteiger partial charge in [0.2, 0.25) is 0 Å². The van der Waals surface area contributed by atoms with Crippen molar-refractivity contribution in [2.45, 2.75) is 69.7 Å². The van der Waals surface area contributed by atoms with Gasteiger partial charge >= 0.3 is 12.0 Å². The lowest BCUT2D eigenvalue weighted by atomic mass is 9.74. The molecule has 40 heavy (non-hydrogen) atoms. The summed E-state index contributed by atoms with van der Waals surface area (Å²) in [5, 5.41) is 13.2. The predicted octanol–water partition coefficient (Wildman–Crippen LogP) is 5.55. The molecule has 218 valence electrons. The van der Waals surface area contributed by atoms with E-state index in [1.54, 1.807) is 19.1 Å². The van der Waals surface area contributed by atoms with Gasteiger partial charge in [-0.3, -0.25) is 0 Å². The van der Waals surface area contributed by atoms with Crippen LogP contribution in [0.15, 0.2) is 36.4 Å². The number of ether oxygens (including phenoxy) is 4. The average molecular weight is 575 g/mol. The molecule has 1 atom stereocenters. The van der Waals surface area contributed by atoms with E-state index in [1.165, 1.54) is 0 Å². The van der Waals surface area contributed by atoms with Gasteiger partial charge < -0.3 is 34.3 Å². The molecule has 2 saturated carbocycles. The summed E-state index contributed by atoms with van der Waals surface area (Å²) in [6, 6.07) is 10.5. The zero-order valence-corrected chi connectivity index (χ0v) is 24.3. The number of rotatable bonds is 14. The van der Waals surface area contributed by atoms with Crippen LogP contribution in [0.2, 0.25) is 5.02 Å². The number of halogens is 1. The number of hydrogen-bond acceptors (Lipinski definition) is 6. The van der Waals surface area contributed by atoms with E-state index in [0.29, 0.717) is 41.2 Å². The molecule has 2 aromatic rings. The van der Waals surface area contributed by atoms with E-state index in [9.17, 15) is 14.7 Å². The Morgan fingerprint density at radius 1 is 1.18 bits per heavy atom. The van der Waals surface area contributed by atoms with E-state index >= 15 is 0 Å². The van der Waals surface area contributed by atoms with E-state index in [1.807, 2.05) is 50.2 Å². The summed E-state index contributed by atoms with van der Waals surface area (Å²) in [4.78, 5) is 27.5. The third kappa shape index (κ3) is 6.48. The van der Waals surface area contributed by atoms with Crippen molar-refractivity contribution in [3.63, 3.8) is 0 Å². The van der Waals surface area contributed by atoms with Gasteiger partial charge in [-0.05, 0) is 44.2 Å². The Kier molecular flexibility index (Phi) is 9.81. The Hall–Kier alpha value is -3.01. The molecular formula is C30H39ClN2O7. The number of methoxy groups -OCH3 is 2. The van der Waals surface area contributed by atoms with Gasteiger partial charge in [0, 0.05) is 37.1 Å². The second-order valence-electron chi connectivity index (χ2n) is 10.4. The summed E-state index contributed by atoms with van der Waals surface area (Å²) in [6.45, 7) is 5.02. The van der Waals surface area contributed by atoms with Crippen LogP contribution in [0.5, 0.6) is 11.5 Å². The van der Waals surface area contributed by atoms with Gasteiger partial charge in [-0.25, -0.2) is 9.59 Å². The van der Waals surface area contributed by atoms with Crippen LogP contribution in [0.3, 0.4) is 0 Å². The molecule has 10 heteroatoms. The first-order chi connectivity index (χ1) is 19.2. The molecule has 0 heterocycles. The van der Waals surface area contributed by atoms with E-state index in [2.05, 4.69) is 5.32 Å². The first-order valence-electron chi connectivity index (χ1n) is 13.7. The Bertz CT molecular complexity index is 1180. The maximum atomic E-state index is 13.8. The van der Waals surface area contributed by atoms with Crippen LogP contribution in [0.25, 0.3) is 0 Å². The second kappa shape index (κ2) is 13.1. The highest BCUT2D eigenvalue weighted by Gasteiger charge is 2.53. The fourth-order valence-corrected chi connectivity index (χ4v) is 5.71. The molecule has 2 aromatic carbocycles. The zero-order chi connectivity index (χ0) is 28.9. The third-order valence-electron chi connectivity index (χ3n) is 7.74. The highest BCUT2D eigenvalue weighted by molar-refractivity contribution is 6.33. The normalized spacial score (nSPS) is 20.8. The summed E-state index contributed by atoms with van der Waals surface area (Å²) in [7, 11) is 3.18. The highest BCUT2D eigenvalue weighted by atomic mass is 35.5. The molecule has 9 nitrogen and oxygen atoms in total. The minimum Gasteiger partial charge on any atom is -0.496 e. The molecule has 0 spiro atoms. The van der Waals surface area contributed by atoms with Crippen molar-refractivity contribution >= 4 is 23.6 Å². The molecule has 2 aliphatic carbocycles. The molecule has 0 saturated heterocycles. The van der Waals surface area contributed by atoms with E-state index in [0.717, 1.165) is 24.0 Å². The fourth-order valence-electron chi connectivity index (χ4n) is 5.32. The van der Waals surface area contributed by atoms with Crippen LogP contribution in [0, 0.1) is 0 Å². The summed E-state index contributed by atoms with van der Waals surface area (Å²) in [6.07, 6.45) is 2.26. The molecule has 0 aromatic heterocycles. The van der Waals surface area contributed by atoms with Crippen LogP contribution < -0.4 is 14.8 Å². The summed E-state index contributed by atoms with van der Waals surface area (Å²) in [5.74, 6) is 0.447. The highest BCUT2D eigenvalue weighted by Crippen LogP contribution is 2.53. The van der Waals surface area contributed by atoms with Crippen molar-refractivity contribution in [2.75, 3.05) is 34.0 Å². The minimum atomic E-state index is -1.39. The van der Waals surface area contributed by atoms with E-state index < -0.39 is 23.6 Å². The predicted molar refractivity (Wildman–Crippen MR) is 151 cm³/mol. The van der Waals surface area contributed by atoms with Gasteiger partial charge in [0.05, 0.1) is 44.6 Å². The number of nitrogens with zero attached hydrogens (tertiary/aromatic N) is 1. The van der Waals surface area contributed by atoms with Crippen molar-refractivity contribution in [1.29, 1.82) is 0 Å². The number of carboxylic acids is 1. The summed E-state index contributed by atoms with van der Waals surface area (Å²) < 4.78 is 22.9. The minimum absolute atomic E-state index is 0.202. The topological polar surface area (TPSA) is 107 Å². The number of carbonyl (C=O) groups is 2. The molecule has 2 N–H and O–H groups in total. The van der Waals surface area contributed by atoms with E-state index in [-0.39, 0.29) is 32.1 Å². The Labute approximate surface area is 240 Å². The van der Waals surface area contributed by atoms with Crippen molar-refractivity contribution < 1.29 is 33.6 Å². The monoisotopic (exact) mass is 574 g/mol. The van der Waals surface area contributed by atoms with Crippen LogP contribution in [-0.2, 0) is 20.9 Å². The number of aliphatic carboxylic acids is 1. The van der Waals surface area contributed by atoms with Crippen LogP contribution in [-0.4, -0.2) is 67.6 Å². The number of carboxylic acid groups (broad SMARTS) is 1. The number of hydrogen-bond donors (Lipinski definition) is 2. The lowest BCUT2D eigenvalue weighted by molar-refractivity contribution is -0.156. The van der Waals surface area contributed by atoms with Gasteiger partial charge in [0.15, 0.2) is 0 Å². The molecule has 4 rings (SSSR count). The van der Waals surface area contributed by atoms with Crippen molar-refractivity contribution in [3.05, 3.63) is 58.1 Å². The quantitative estimate of drug-likeness (QED) is 0.285. The van der Waals surface area contributed by atoms with Crippen molar-refractivity contribution in [3.8, 4) is 11.5 Å². The molecule has 2 fully saturated rings. The first kappa shape index (κ1) is 30.0. The molecular weight excluding hydrogens is 536 g/mol. The standard InChI is InChI=1S/C30H39ClN2O7/c1-5-40-22-16-30(17-22,28(34)35)32-29(36)33(13-14-39-18-20-9-7-6-8-10-20)19(2)23-15-24(37-3)25(21-11-12-21)27(38-4)26(23)31/h6-10,15,19,21-22H,5,11-14,16-18H2,1-4H3,(H,32,36)(H,34,35)/t19-,22?,30?/m1/s1. The Morgan fingerprint density at radius 2 is 1.88 bits per heavy atom. The van der Waals surface area contributed by atoms with Gasteiger partial charge in [0.25, 0.3) is 0 Å². The molecule has 2 amide bonds. The average Bonchev–Trinajstić information content (AvgIpc) is 3.76. The molecule has 0 unspecified atom stereocenters. The number of urea groups is 1. The van der Waals surface area contributed by atoms with Gasteiger partial charge in [-0.1, -0.05) is 41.9 Å². The smallest absolute Gasteiger partial charge is 0.329 e. The SMILES string of the molecule is CCOC1CC(NC(=O)N(CCOCc2ccccc2)[C@H](C)c2cc(OC)c(C3CC3)c(OC)c2Cl)(C(=O)O)C1. The molecule has 0 radical (unpaired) electrons. The number of benzene rings is 2. The Morgan fingerprint density at radius 3 is 2.45 bits per heavy atom. The Balaban J connectivity index is 1.58. The molecule has 0 bridgehead atoms. The summed E-state index contributed by atoms with van der Waals surface area (Å²) >= 11 is 6.89. The van der Waals surface area contributed by atoms with Crippen LogP contribution >= 0.6 is 11.6 Å².